The smallest absolute Gasteiger partial charge is 0.147 e. The fourth-order valence-corrected chi connectivity index (χ4v) is 2.35. The van der Waals surface area contributed by atoms with Gasteiger partial charge in [-0.2, -0.15) is 5.26 Å². The minimum atomic E-state index is -0.343. The normalized spacial score (nSPS) is 9.89. The summed E-state index contributed by atoms with van der Waals surface area (Å²) in [6, 6.07) is 11.9. The maximum Gasteiger partial charge on any atom is 0.147 e. The summed E-state index contributed by atoms with van der Waals surface area (Å²) in [5, 5.41) is 11.8. The van der Waals surface area contributed by atoms with Crippen molar-refractivity contribution < 1.29 is 4.39 Å². The van der Waals surface area contributed by atoms with E-state index in [-0.39, 0.29) is 5.82 Å². The zero-order valence-corrected chi connectivity index (χ0v) is 12.2. The lowest BCUT2D eigenvalue weighted by Crippen LogP contribution is -1.95. The van der Waals surface area contributed by atoms with E-state index in [1.54, 1.807) is 30.3 Å². The van der Waals surface area contributed by atoms with Gasteiger partial charge in [-0.15, -0.1) is 0 Å². The Hall–Kier alpha value is -1.38. The third-order valence-corrected chi connectivity index (χ3v) is 3.64. The summed E-state index contributed by atoms with van der Waals surface area (Å²) in [5.74, 6) is -0.343. The molecule has 18 heavy (non-hydrogen) atoms. The van der Waals surface area contributed by atoms with Crippen molar-refractivity contribution in [3.05, 3.63) is 56.7 Å². The van der Waals surface area contributed by atoms with Crippen LogP contribution in [0.5, 0.6) is 0 Å². The number of rotatable bonds is 2. The third kappa shape index (κ3) is 2.71. The molecule has 0 aliphatic heterocycles. The summed E-state index contributed by atoms with van der Waals surface area (Å²) in [4.78, 5) is 0. The van der Waals surface area contributed by atoms with Crippen molar-refractivity contribution in [3.63, 3.8) is 0 Å². The lowest BCUT2D eigenvalue weighted by molar-refractivity contribution is 0.631. The summed E-state index contributed by atoms with van der Waals surface area (Å²) >= 11 is 6.57. The Morgan fingerprint density at radius 2 is 1.89 bits per heavy atom. The summed E-state index contributed by atoms with van der Waals surface area (Å²) in [7, 11) is 0. The van der Waals surface area contributed by atoms with Gasteiger partial charge in [0.25, 0.3) is 0 Å². The lowest BCUT2D eigenvalue weighted by Gasteiger charge is -2.10. The van der Waals surface area contributed by atoms with Crippen LogP contribution in [0.3, 0.4) is 0 Å². The molecule has 5 heteroatoms. The molecule has 0 aliphatic carbocycles. The summed E-state index contributed by atoms with van der Waals surface area (Å²) in [6.07, 6.45) is 0. The summed E-state index contributed by atoms with van der Waals surface area (Å²) in [6.45, 7) is 0. The largest absolute Gasteiger partial charge is 0.352 e. The molecule has 0 saturated heterocycles. The number of para-hydroxylation sites is 1. The Morgan fingerprint density at radius 3 is 2.50 bits per heavy atom. The number of anilines is 2. The van der Waals surface area contributed by atoms with E-state index in [0.717, 1.165) is 0 Å². The van der Waals surface area contributed by atoms with E-state index in [0.29, 0.717) is 25.9 Å². The maximum absolute atomic E-state index is 13.6. The Labute approximate surface area is 121 Å². The molecule has 0 amide bonds. The van der Waals surface area contributed by atoms with Crippen LogP contribution >= 0.6 is 31.9 Å². The van der Waals surface area contributed by atoms with Crippen molar-refractivity contribution in [1.29, 1.82) is 5.26 Å². The first kappa shape index (κ1) is 13.1. The predicted octanol–water partition coefficient (Wildman–Crippen LogP) is 4.97. The monoisotopic (exact) mass is 368 g/mol. The summed E-state index contributed by atoms with van der Waals surface area (Å²) in [5.41, 5.74) is 1.61. The molecule has 0 atom stereocenters. The number of halogens is 3. The summed E-state index contributed by atoms with van der Waals surface area (Å²) < 4.78 is 14.9. The van der Waals surface area contributed by atoms with Crippen molar-refractivity contribution in [2.75, 3.05) is 5.32 Å². The van der Waals surface area contributed by atoms with E-state index >= 15 is 0 Å². The molecule has 90 valence electrons. The molecular formula is C13H7Br2FN2. The van der Waals surface area contributed by atoms with Crippen LogP contribution < -0.4 is 5.32 Å². The van der Waals surface area contributed by atoms with Crippen molar-refractivity contribution in [2.45, 2.75) is 0 Å². The molecule has 0 aliphatic rings. The maximum atomic E-state index is 13.6. The lowest BCUT2D eigenvalue weighted by atomic mass is 10.2. The molecule has 2 aromatic rings. The van der Waals surface area contributed by atoms with Crippen LogP contribution in [0.1, 0.15) is 5.56 Å². The number of hydrogen-bond acceptors (Lipinski definition) is 2. The fraction of sp³-hybridized carbons (Fsp3) is 0. The molecule has 0 fully saturated rings. The van der Waals surface area contributed by atoms with Gasteiger partial charge in [0.1, 0.15) is 11.9 Å². The van der Waals surface area contributed by atoms with E-state index in [9.17, 15) is 4.39 Å². The number of benzene rings is 2. The zero-order chi connectivity index (χ0) is 13.1. The molecule has 0 aromatic heterocycles. The number of nitriles is 1. The van der Waals surface area contributed by atoms with Gasteiger partial charge in [-0.3, -0.25) is 0 Å². The van der Waals surface area contributed by atoms with Gasteiger partial charge in [0.15, 0.2) is 0 Å². The van der Waals surface area contributed by atoms with Crippen molar-refractivity contribution in [3.8, 4) is 6.07 Å². The van der Waals surface area contributed by atoms with Gasteiger partial charge in [0, 0.05) is 14.6 Å². The van der Waals surface area contributed by atoms with E-state index in [2.05, 4.69) is 43.2 Å². The van der Waals surface area contributed by atoms with Crippen molar-refractivity contribution in [2.24, 2.45) is 0 Å². The van der Waals surface area contributed by atoms with Crippen molar-refractivity contribution >= 4 is 43.2 Å². The Kier molecular flexibility index (Phi) is 4.00. The SMILES string of the molecule is N#Cc1ccc(Nc2c(F)cccc2Br)cc1Br. The van der Waals surface area contributed by atoms with Crippen LogP contribution in [0, 0.1) is 17.1 Å². The first-order valence-electron chi connectivity index (χ1n) is 5.02. The second-order valence-electron chi connectivity index (χ2n) is 3.53. The van der Waals surface area contributed by atoms with E-state index in [1.807, 2.05) is 0 Å². The molecule has 0 radical (unpaired) electrons. The second-order valence-corrected chi connectivity index (χ2v) is 5.24. The Balaban J connectivity index is 2.35. The van der Waals surface area contributed by atoms with Crippen LogP contribution in [0.2, 0.25) is 0 Å². The highest BCUT2D eigenvalue weighted by molar-refractivity contribution is 9.11. The van der Waals surface area contributed by atoms with Gasteiger partial charge in [-0.25, -0.2) is 4.39 Å². The van der Waals surface area contributed by atoms with E-state index < -0.39 is 0 Å². The van der Waals surface area contributed by atoms with Crippen LogP contribution in [0.15, 0.2) is 45.3 Å². The van der Waals surface area contributed by atoms with Crippen LogP contribution in [0.4, 0.5) is 15.8 Å². The van der Waals surface area contributed by atoms with Crippen LogP contribution in [-0.4, -0.2) is 0 Å². The highest BCUT2D eigenvalue weighted by Crippen LogP contribution is 2.30. The Morgan fingerprint density at radius 1 is 1.11 bits per heavy atom. The predicted molar refractivity (Wildman–Crippen MR) is 76.2 cm³/mol. The molecular weight excluding hydrogens is 363 g/mol. The molecule has 1 N–H and O–H groups in total. The average Bonchev–Trinajstić information content (AvgIpc) is 2.34. The highest BCUT2D eigenvalue weighted by Gasteiger charge is 2.07. The fourth-order valence-electron chi connectivity index (χ4n) is 1.45. The quantitative estimate of drug-likeness (QED) is 0.811. The standard InChI is InChI=1S/C13H7Br2FN2/c14-10-2-1-3-12(16)13(10)18-9-5-4-8(7-17)11(15)6-9/h1-6,18H. The van der Waals surface area contributed by atoms with Gasteiger partial charge in [0.2, 0.25) is 0 Å². The zero-order valence-electron chi connectivity index (χ0n) is 9.05. The molecule has 0 unspecified atom stereocenters. The third-order valence-electron chi connectivity index (χ3n) is 2.32. The Bertz CT molecular complexity index is 615. The number of nitrogens with zero attached hydrogens (tertiary/aromatic N) is 1. The van der Waals surface area contributed by atoms with Crippen molar-refractivity contribution in [1.82, 2.24) is 0 Å². The van der Waals surface area contributed by atoms with Gasteiger partial charge in [-0.1, -0.05) is 6.07 Å². The first-order chi connectivity index (χ1) is 8.61. The molecule has 0 saturated carbocycles. The van der Waals surface area contributed by atoms with E-state index in [1.165, 1.54) is 6.07 Å². The van der Waals surface area contributed by atoms with Crippen LogP contribution in [0.25, 0.3) is 0 Å². The van der Waals surface area contributed by atoms with Crippen LogP contribution in [-0.2, 0) is 0 Å². The molecule has 0 heterocycles. The minimum Gasteiger partial charge on any atom is -0.352 e. The van der Waals surface area contributed by atoms with Gasteiger partial charge < -0.3 is 5.32 Å². The molecule has 0 spiro atoms. The minimum absolute atomic E-state index is 0.343. The molecule has 0 bridgehead atoms. The molecule has 2 rings (SSSR count). The number of nitrogens with one attached hydrogen (secondary N) is 1. The molecule has 2 aromatic carbocycles. The molecule has 2 nitrogen and oxygen atoms in total. The van der Waals surface area contributed by atoms with Gasteiger partial charge >= 0.3 is 0 Å². The number of hydrogen-bond donors (Lipinski definition) is 1. The van der Waals surface area contributed by atoms with Gasteiger partial charge in [0.05, 0.1) is 11.3 Å². The first-order valence-corrected chi connectivity index (χ1v) is 6.61. The van der Waals surface area contributed by atoms with E-state index in [4.69, 9.17) is 5.26 Å². The topological polar surface area (TPSA) is 35.8 Å². The average molecular weight is 370 g/mol. The second kappa shape index (κ2) is 5.51. The highest BCUT2D eigenvalue weighted by atomic mass is 79.9. The van der Waals surface area contributed by atoms with Gasteiger partial charge in [-0.05, 0) is 62.2 Å².